The number of carbonyl (C=O) groups excluding carboxylic acids is 2. The standard InChI is InChI=1S/C17H21NO4/c1-4-8-16(20)14(17(21)22-5-2)11-18-15-10-7-6-9-13(15)12(3)19/h6-7,9-11,20H,4-5,8H2,1-3H3/b16-14-,18-11?. The first-order valence-corrected chi connectivity index (χ1v) is 7.24. The molecule has 1 aromatic carbocycles. The summed E-state index contributed by atoms with van der Waals surface area (Å²) in [5.74, 6) is -0.810. The van der Waals surface area contributed by atoms with Gasteiger partial charge in [0.15, 0.2) is 5.78 Å². The van der Waals surface area contributed by atoms with Crippen molar-refractivity contribution in [2.45, 2.75) is 33.6 Å². The van der Waals surface area contributed by atoms with E-state index in [9.17, 15) is 14.7 Å². The van der Waals surface area contributed by atoms with Gasteiger partial charge >= 0.3 is 5.97 Å². The molecule has 0 fully saturated rings. The molecule has 0 saturated heterocycles. The van der Waals surface area contributed by atoms with Gasteiger partial charge in [0.25, 0.3) is 0 Å². The highest BCUT2D eigenvalue weighted by Crippen LogP contribution is 2.19. The molecule has 0 bridgehead atoms. The van der Waals surface area contributed by atoms with Crippen LogP contribution in [0.3, 0.4) is 0 Å². The van der Waals surface area contributed by atoms with Gasteiger partial charge in [-0.05, 0) is 32.4 Å². The number of rotatable bonds is 7. The molecule has 0 aromatic heterocycles. The third-order valence-corrected chi connectivity index (χ3v) is 2.91. The first kappa shape index (κ1) is 17.6. The summed E-state index contributed by atoms with van der Waals surface area (Å²) in [6, 6.07) is 6.83. The SMILES string of the molecule is CCC/C(O)=C(\C=Nc1ccccc1C(C)=O)C(=O)OCC. The first-order valence-electron chi connectivity index (χ1n) is 7.24. The lowest BCUT2D eigenvalue weighted by Crippen LogP contribution is -2.11. The van der Waals surface area contributed by atoms with E-state index in [1.807, 2.05) is 6.92 Å². The lowest BCUT2D eigenvalue weighted by molar-refractivity contribution is -0.138. The number of ketones is 1. The number of ether oxygens (including phenoxy) is 1. The second-order valence-electron chi connectivity index (χ2n) is 4.66. The Morgan fingerprint density at radius 1 is 1.27 bits per heavy atom. The van der Waals surface area contributed by atoms with E-state index >= 15 is 0 Å². The number of carbonyl (C=O) groups is 2. The van der Waals surface area contributed by atoms with Crippen molar-refractivity contribution in [2.75, 3.05) is 6.61 Å². The highest BCUT2D eigenvalue weighted by molar-refractivity contribution is 6.11. The minimum Gasteiger partial charge on any atom is -0.511 e. The maximum absolute atomic E-state index is 11.9. The van der Waals surface area contributed by atoms with Gasteiger partial charge in [-0.2, -0.15) is 0 Å². The average molecular weight is 303 g/mol. The molecule has 0 aliphatic heterocycles. The normalized spacial score (nSPS) is 12.1. The van der Waals surface area contributed by atoms with Crippen molar-refractivity contribution in [3.8, 4) is 0 Å². The lowest BCUT2D eigenvalue weighted by atomic mass is 10.1. The minimum absolute atomic E-state index is 0.0158. The molecule has 1 rings (SSSR count). The Hall–Kier alpha value is -2.43. The third-order valence-electron chi connectivity index (χ3n) is 2.91. The van der Waals surface area contributed by atoms with Gasteiger partial charge in [-0.1, -0.05) is 19.1 Å². The number of esters is 1. The molecule has 0 heterocycles. The Morgan fingerprint density at radius 3 is 2.55 bits per heavy atom. The molecule has 1 N–H and O–H groups in total. The fourth-order valence-electron chi connectivity index (χ4n) is 1.84. The van der Waals surface area contributed by atoms with Crippen LogP contribution in [0.1, 0.15) is 44.0 Å². The summed E-state index contributed by atoms with van der Waals surface area (Å²) >= 11 is 0. The van der Waals surface area contributed by atoms with Crippen LogP contribution in [0.25, 0.3) is 0 Å². The van der Waals surface area contributed by atoms with Crippen molar-refractivity contribution in [3.63, 3.8) is 0 Å². The number of aliphatic hydroxyl groups excluding tert-OH is 1. The molecule has 0 radical (unpaired) electrons. The fourth-order valence-corrected chi connectivity index (χ4v) is 1.84. The Balaban J connectivity index is 3.17. The third kappa shape index (κ3) is 4.84. The molecule has 0 unspecified atom stereocenters. The molecule has 22 heavy (non-hydrogen) atoms. The van der Waals surface area contributed by atoms with Gasteiger partial charge in [-0.15, -0.1) is 0 Å². The van der Waals surface area contributed by atoms with E-state index in [0.717, 1.165) is 0 Å². The number of aliphatic imine (C=N–C) groups is 1. The summed E-state index contributed by atoms with van der Waals surface area (Å²) in [5, 5.41) is 9.98. The largest absolute Gasteiger partial charge is 0.511 e. The van der Waals surface area contributed by atoms with E-state index in [1.165, 1.54) is 13.1 Å². The van der Waals surface area contributed by atoms with Crippen LogP contribution in [0, 0.1) is 0 Å². The second-order valence-corrected chi connectivity index (χ2v) is 4.66. The van der Waals surface area contributed by atoms with Crippen LogP contribution in [0.4, 0.5) is 5.69 Å². The Kier molecular flexibility index (Phi) is 7.02. The van der Waals surface area contributed by atoms with E-state index in [0.29, 0.717) is 24.1 Å². The molecule has 5 nitrogen and oxygen atoms in total. The number of para-hydroxylation sites is 1. The van der Waals surface area contributed by atoms with E-state index in [1.54, 1.807) is 31.2 Å². The van der Waals surface area contributed by atoms with E-state index in [4.69, 9.17) is 4.74 Å². The van der Waals surface area contributed by atoms with Crippen molar-refractivity contribution >= 4 is 23.7 Å². The molecule has 0 saturated carbocycles. The number of allylic oxidation sites excluding steroid dienone is 1. The molecule has 0 amide bonds. The van der Waals surface area contributed by atoms with E-state index in [-0.39, 0.29) is 23.7 Å². The molecule has 5 heteroatoms. The van der Waals surface area contributed by atoms with E-state index in [2.05, 4.69) is 4.99 Å². The molecule has 118 valence electrons. The molecular weight excluding hydrogens is 282 g/mol. The van der Waals surface area contributed by atoms with Crippen molar-refractivity contribution in [1.29, 1.82) is 0 Å². The molecule has 1 aromatic rings. The van der Waals surface area contributed by atoms with E-state index < -0.39 is 5.97 Å². The van der Waals surface area contributed by atoms with Gasteiger partial charge in [0.05, 0.1) is 12.3 Å². The number of benzene rings is 1. The van der Waals surface area contributed by atoms with Crippen LogP contribution >= 0.6 is 0 Å². The van der Waals surface area contributed by atoms with Gasteiger partial charge in [-0.3, -0.25) is 9.79 Å². The maximum atomic E-state index is 11.9. The second kappa shape index (κ2) is 8.77. The minimum atomic E-state index is -0.627. The summed E-state index contributed by atoms with van der Waals surface area (Å²) in [5.41, 5.74) is 0.917. The summed E-state index contributed by atoms with van der Waals surface area (Å²) in [4.78, 5) is 27.6. The Bertz CT molecular complexity index is 602. The summed E-state index contributed by atoms with van der Waals surface area (Å²) in [6.45, 7) is 5.24. The van der Waals surface area contributed by atoms with Gasteiger partial charge in [0.2, 0.25) is 0 Å². The Labute approximate surface area is 130 Å². The predicted molar refractivity (Wildman–Crippen MR) is 85.8 cm³/mol. The number of hydrogen-bond donors (Lipinski definition) is 1. The van der Waals surface area contributed by atoms with Crippen molar-refractivity contribution in [3.05, 3.63) is 41.2 Å². The molecule has 0 spiro atoms. The number of Topliss-reactive ketones (excluding diaryl/α,β-unsaturated/α-hetero) is 1. The van der Waals surface area contributed by atoms with Crippen LogP contribution in [0.5, 0.6) is 0 Å². The molecule has 0 atom stereocenters. The summed E-state index contributed by atoms with van der Waals surface area (Å²) in [6.07, 6.45) is 2.30. The maximum Gasteiger partial charge on any atom is 0.343 e. The average Bonchev–Trinajstić information content (AvgIpc) is 2.48. The molecular formula is C17H21NO4. The van der Waals surface area contributed by atoms with Gasteiger partial charge in [-0.25, -0.2) is 4.79 Å². The predicted octanol–water partition coefficient (Wildman–Crippen LogP) is 3.77. The van der Waals surface area contributed by atoms with Gasteiger partial charge < -0.3 is 9.84 Å². The summed E-state index contributed by atoms with van der Waals surface area (Å²) < 4.78 is 4.92. The first-order chi connectivity index (χ1) is 10.5. The van der Waals surface area contributed by atoms with Gasteiger partial charge in [0.1, 0.15) is 11.3 Å². The van der Waals surface area contributed by atoms with Crippen molar-refractivity contribution in [2.24, 2.45) is 4.99 Å². The molecule has 0 aliphatic carbocycles. The van der Waals surface area contributed by atoms with Gasteiger partial charge in [0, 0.05) is 18.2 Å². The zero-order chi connectivity index (χ0) is 16.5. The monoisotopic (exact) mass is 303 g/mol. The lowest BCUT2D eigenvalue weighted by Gasteiger charge is -2.06. The highest BCUT2D eigenvalue weighted by Gasteiger charge is 2.14. The van der Waals surface area contributed by atoms with Crippen LogP contribution in [-0.4, -0.2) is 29.7 Å². The summed E-state index contributed by atoms with van der Waals surface area (Å²) in [7, 11) is 0. The number of hydrogen-bond acceptors (Lipinski definition) is 5. The number of nitrogens with zero attached hydrogens (tertiary/aromatic N) is 1. The van der Waals surface area contributed by atoms with Crippen LogP contribution in [0.15, 0.2) is 40.6 Å². The van der Waals surface area contributed by atoms with Crippen molar-refractivity contribution in [1.82, 2.24) is 0 Å². The Morgan fingerprint density at radius 2 is 1.95 bits per heavy atom. The number of aliphatic hydroxyl groups is 1. The van der Waals surface area contributed by atoms with Crippen LogP contribution < -0.4 is 0 Å². The zero-order valence-corrected chi connectivity index (χ0v) is 13.1. The fraction of sp³-hybridized carbons (Fsp3) is 0.353. The zero-order valence-electron chi connectivity index (χ0n) is 13.1. The topological polar surface area (TPSA) is 76.0 Å². The smallest absolute Gasteiger partial charge is 0.343 e. The quantitative estimate of drug-likeness (QED) is 0.273. The highest BCUT2D eigenvalue weighted by atomic mass is 16.5. The molecule has 0 aliphatic rings. The van der Waals surface area contributed by atoms with Crippen LogP contribution in [-0.2, 0) is 9.53 Å². The van der Waals surface area contributed by atoms with Crippen molar-refractivity contribution < 1.29 is 19.4 Å². The van der Waals surface area contributed by atoms with Crippen LogP contribution in [0.2, 0.25) is 0 Å².